The smallest absolute Gasteiger partial charge is 0.0610 e. The highest BCUT2D eigenvalue weighted by molar-refractivity contribution is 4.83. The van der Waals surface area contributed by atoms with Crippen LogP contribution in [0.1, 0.15) is 39.5 Å². The molecule has 72 valence electrons. The van der Waals surface area contributed by atoms with E-state index in [4.69, 9.17) is 5.11 Å². The number of hydrogen-bond acceptors (Lipinski definition) is 2. The SMILES string of the molecule is CCC(C)(CO)NCC1CCC1. The van der Waals surface area contributed by atoms with Crippen LogP contribution in [0.5, 0.6) is 0 Å². The molecule has 0 amide bonds. The lowest BCUT2D eigenvalue weighted by Gasteiger charge is -2.33. The Morgan fingerprint density at radius 1 is 1.50 bits per heavy atom. The van der Waals surface area contributed by atoms with Crippen LogP contribution in [0.3, 0.4) is 0 Å². The van der Waals surface area contributed by atoms with Gasteiger partial charge in [-0.05, 0) is 38.6 Å². The molecule has 1 aliphatic rings. The van der Waals surface area contributed by atoms with E-state index in [1.54, 1.807) is 0 Å². The predicted molar refractivity (Wildman–Crippen MR) is 51.1 cm³/mol. The van der Waals surface area contributed by atoms with Crippen LogP contribution in [0.4, 0.5) is 0 Å². The maximum absolute atomic E-state index is 9.13. The summed E-state index contributed by atoms with van der Waals surface area (Å²) in [4.78, 5) is 0. The van der Waals surface area contributed by atoms with Crippen LogP contribution in [0.15, 0.2) is 0 Å². The number of hydrogen-bond donors (Lipinski definition) is 2. The normalized spacial score (nSPS) is 23.2. The highest BCUT2D eigenvalue weighted by atomic mass is 16.3. The Morgan fingerprint density at radius 3 is 2.50 bits per heavy atom. The van der Waals surface area contributed by atoms with E-state index >= 15 is 0 Å². The molecule has 2 heteroatoms. The van der Waals surface area contributed by atoms with Gasteiger partial charge in [0.25, 0.3) is 0 Å². The molecule has 1 aliphatic carbocycles. The first-order chi connectivity index (χ1) is 5.70. The number of nitrogens with one attached hydrogen (secondary N) is 1. The summed E-state index contributed by atoms with van der Waals surface area (Å²) in [7, 11) is 0. The lowest BCUT2D eigenvalue weighted by molar-refractivity contribution is 0.154. The van der Waals surface area contributed by atoms with Crippen molar-refractivity contribution in [2.45, 2.75) is 45.1 Å². The van der Waals surface area contributed by atoms with E-state index in [9.17, 15) is 0 Å². The molecule has 0 bridgehead atoms. The van der Waals surface area contributed by atoms with Gasteiger partial charge >= 0.3 is 0 Å². The minimum absolute atomic E-state index is 0.0460. The minimum Gasteiger partial charge on any atom is -0.394 e. The minimum atomic E-state index is -0.0460. The molecule has 0 aromatic heterocycles. The first-order valence-corrected chi connectivity index (χ1v) is 5.06. The lowest BCUT2D eigenvalue weighted by atomic mass is 9.84. The zero-order valence-corrected chi connectivity index (χ0v) is 8.27. The van der Waals surface area contributed by atoms with E-state index in [0.717, 1.165) is 18.9 Å². The average molecular weight is 171 g/mol. The second-order valence-corrected chi connectivity index (χ2v) is 4.25. The molecule has 2 nitrogen and oxygen atoms in total. The molecule has 2 N–H and O–H groups in total. The largest absolute Gasteiger partial charge is 0.394 e. The van der Waals surface area contributed by atoms with Crippen molar-refractivity contribution < 1.29 is 5.11 Å². The molecule has 1 unspecified atom stereocenters. The highest BCUT2D eigenvalue weighted by Gasteiger charge is 2.24. The van der Waals surface area contributed by atoms with Gasteiger partial charge in [-0.1, -0.05) is 13.3 Å². The van der Waals surface area contributed by atoms with Gasteiger partial charge < -0.3 is 10.4 Å². The Bertz CT molecular complexity index is 128. The second-order valence-electron chi connectivity index (χ2n) is 4.25. The number of rotatable bonds is 5. The maximum Gasteiger partial charge on any atom is 0.0610 e. The van der Waals surface area contributed by atoms with E-state index < -0.39 is 0 Å². The number of aliphatic hydroxyl groups excluding tert-OH is 1. The maximum atomic E-state index is 9.13. The standard InChI is InChI=1S/C10H21NO/c1-3-10(2,8-12)11-7-9-5-4-6-9/h9,11-12H,3-8H2,1-2H3. The van der Waals surface area contributed by atoms with Crippen LogP contribution in [-0.2, 0) is 0 Å². The van der Waals surface area contributed by atoms with Crippen molar-refractivity contribution in [1.82, 2.24) is 5.32 Å². The van der Waals surface area contributed by atoms with Gasteiger partial charge in [0.2, 0.25) is 0 Å². The molecular weight excluding hydrogens is 150 g/mol. The molecule has 0 spiro atoms. The van der Waals surface area contributed by atoms with E-state index in [1.165, 1.54) is 19.3 Å². The fourth-order valence-corrected chi connectivity index (χ4v) is 1.38. The molecule has 1 rings (SSSR count). The first-order valence-electron chi connectivity index (χ1n) is 5.06. The zero-order valence-electron chi connectivity index (χ0n) is 8.27. The average Bonchev–Trinajstić information content (AvgIpc) is 2.01. The summed E-state index contributed by atoms with van der Waals surface area (Å²) in [6, 6.07) is 0. The summed E-state index contributed by atoms with van der Waals surface area (Å²) in [6.07, 6.45) is 5.14. The van der Waals surface area contributed by atoms with Gasteiger partial charge in [-0.3, -0.25) is 0 Å². The Morgan fingerprint density at radius 2 is 2.17 bits per heavy atom. The Balaban J connectivity index is 2.17. The molecule has 12 heavy (non-hydrogen) atoms. The molecule has 0 aromatic rings. The van der Waals surface area contributed by atoms with Crippen LogP contribution in [0.2, 0.25) is 0 Å². The van der Waals surface area contributed by atoms with Crippen LogP contribution >= 0.6 is 0 Å². The summed E-state index contributed by atoms with van der Waals surface area (Å²) in [5.41, 5.74) is -0.0460. The van der Waals surface area contributed by atoms with Crippen molar-refractivity contribution in [1.29, 1.82) is 0 Å². The highest BCUT2D eigenvalue weighted by Crippen LogP contribution is 2.26. The third kappa shape index (κ3) is 2.46. The van der Waals surface area contributed by atoms with Gasteiger partial charge in [-0.25, -0.2) is 0 Å². The van der Waals surface area contributed by atoms with Crippen molar-refractivity contribution in [3.63, 3.8) is 0 Å². The van der Waals surface area contributed by atoms with E-state index in [1.807, 2.05) is 0 Å². The van der Waals surface area contributed by atoms with Gasteiger partial charge in [0.1, 0.15) is 0 Å². The predicted octanol–water partition coefficient (Wildman–Crippen LogP) is 1.54. The third-order valence-corrected chi connectivity index (χ3v) is 3.17. The fourth-order valence-electron chi connectivity index (χ4n) is 1.38. The van der Waals surface area contributed by atoms with Gasteiger partial charge in [0.15, 0.2) is 0 Å². The third-order valence-electron chi connectivity index (χ3n) is 3.17. The molecule has 1 saturated carbocycles. The van der Waals surface area contributed by atoms with Gasteiger partial charge in [-0.2, -0.15) is 0 Å². The second kappa shape index (κ2) is 4.24. The van der Waals surface area contributed by atoms with Crippen molar-refractivity contribution >= 4 is 0 Å². The summed E-state index contributed by atoms with van der Waals surface area (Å²) >= 11 is 0. The molecule has 0 saturated heterocycles. The molecule has 0 aromatic carbocycles. The summed E-state index contributed by atoms with van der Waals surface area (Å²) in [6.45, 7) is 5.54. The first kappa shape index (κ1) is 10.0. The quantitative estimate of drug-likeness (QED) is 0.657. The summed E-state index contributed by atoms with van der Waals surface area (Å²) in [5, 5.41) is 12.6. The van der Waals surface area contributed by atoms with E-state index in [0.29, 0.717) is 0 Å². The Hall–Kier alpha value is -0.0800. The Labute approximate surface area is 75.4 Å². The van der Waals surface area contributed by atoms with Gasteiger partial charge in [0.05, 0.1) is 6.61 Å². The molecule has 0 radical (unpaired) electrons. The van der Waals surface area contributed by atoms with Crippen molar-refractivity contribution in [3.05, 3.63) is 0 Å². The van der Waals surface area contributed by atoms with Crippen molar-refractivity contribution in [3.8, 4) is 0 Å². The summed E-state index contributed by atoms with van der Waals surface area (Å²) in [5.74, 6) is 0.877. The van der Waals surface area contributed by atoms with Crippen LogP contribution in [0, 0.1) is 5.92 Å². The molecular formula is C10H21NO. The van der Waals surface area contributed by atoms with Gasteiger partial charge in [0, 0.05) is 5.54 Å². The lowest BCUT2D eigenvalue weighted by Crippen LogP contribution is -2.47. The van der Waals surface area contributed by atoms with Crippen molar-refractivity contribution in [2.24, 2.45) is 5.92 Å². The molecule has 0 heterocycles. The molecule has 1 fully saturated rings. The van der Waals surface area contributed by atoms with E-state index in [-0.39, 0.29) is 12.1 Å². The topological polar surface area (TPSA) is 32.3 Å². The van der Waals surface area contributed by atoms with E-state index in [2.05, 4.69) is 19.2 Å². The summed E-state index contributed by atoms with van der Waals surface area (Å²) < 4.78 is 0. The van der Waals surface area contributed by atoms with Crippen LogP contribution in [0.25, 0.3) is 0 Å². The van der Waals surface area contributed by atoms with Crippen LogP contribution in [-0.4, -0.2) is 23.8 Å². The monoisotopic (exact) mass is 171 g/mol. The fraction of sp³-hybridized carbons (Fsp3) is 1.00. The van der Waals surface area contributed by atoms with Crippen LogP contribution < -0.4 is 5.32 Å². The molecule has 0 aliphatic heterocycles. The van der Waals surface area contributed by atoms with Gasteiger partial charge in [-0.15, -0.1) is 0 Å². The van der Waals surface area contributed by atoms with Crippen molar-refractivity contribution in [2.75, 3.05) is 13.2 Å². The zero-order chi connectivity index (χ0) is 9.03. The molecule has 1 atom stereocenters. The Kier molecular flexibility index (Phi) is 3.53. The number of aliphatic hydroxyl groups is 1.